The second-order valence-electron chi connectivity index (χ2n) is 7.21. The van der Waals surface area contributed by atoms with Crippen LogP contribution in [0.4, 0.5) is 0 Å². The van der Waals surface area contributed by atoms with E-state index >= 15 is 0 Å². The SMILES string of the molecule is COc1ccc(C(=O)C=Cc2cn(-c3ccccc3)nc2-c2ccc(OC)c(OC)c2)cc1. The molecule has 0 bridgehead atoms. The van der Waals surface area contributed by atoms with E-state index in [-0.39, 0.29) is 5.78 Å². The predicted molar refractivity (Wildman–Crippen MR) is 128 cm³/mol. The average Bonchev–Trinajstić information content (AvgIpc) is 3.31. The highest BCUT2D eigenvalue weighted by Crippen LogP contribution is 2.33. The molecule has 0 aliphatic heterocycles. The van der Waals surface area contributed by atoms with Crippen LogP contribution in [0.5, 0.6) is 17.2 Å². The minimum atomic E-state index is -0.108. The molecule has 1 aromatic heterocycles. The van der Waals surface area contributed by atoms with Gasteiger partial charge in [0.25, 0.3) is 0 Å². The molecule has 3 aromatic carbocycles. The Morgan fingerprint density at radius 3 is 2.24 bits per heavy atom. The number of ether oxygens (including phenoxy) is 3. The Labute approximate surface area is 192 Å². The van der Waals surface area contributed by atoms with Gasteiger partial charge in [0.1, 0.15) is 11.4 Å². The van der Waals surface area contributed by atoms with Crippen LogP contribution in [0.1, 0.15) is 15.9 Å². The Morgan fingerprint density at radius 1 is 0.848 bits per heavy atom. The molecular formula is C27H24N2O4. The summed E-state index contributed by atoms with van der Waals surface area (Å²) in [6.07, 6.45) is 5.24. The molecule has 6 heteroatoms. The lowest BCUT2D eigenvalue weighted by Crippen LogP contribution is -1.95. The molecule has 6 nitrogen and oxygen atoms in total. The molecule has 4 aromatic rings. The van der Waals surface area contributed by atoms with E-state index in [1.165, 1.54) is 0 Å². The van der Waals surface area contributed by atoms with Crippen LogP contribution in [0, 0.1) is 0 Å². The first-order chi connectivity index (χ1) is 16.1. The average molecular weight is 440 g/mol. The van der Waals surface area contributed by atoms with Crippen LogP contribution in [0.25, 0.3) is 23.0 Å². The molecule has 4 rings (SSSR count). The minimum Gasteiger partial charge on any atom is -0.497 e. The van der Waals surface area contributed by atoms with Crippen LogP contribution in [0.3, 0.4) is 0 Å². The molecule has 0 saturated heterocycles. The zero-order chi connectivity index (χ0) is 23.2. The van der Waals surface area contributed by atoms with E-state index in [2.05, 4.69) is 0 Å². The predicted octanol–water partition coefficient (Wildman–Crippen LogP) is 5.46. The summed E-state index contributed by atoms with van der Waals surface area (Å²) in [6.45, 7) is 0. The van der Waals surface area contributed by atoms with E-state index in [0.717, 1.165) is 22.5 Å². The number of para-hydroxylation sites is 1. The van der Waals surface area contributed by atoms with Crippen molar-refractivity contribution in [3.05, 3.63) is 96.2 Å². The lowest BCUT2D eigenvalue weighted by molar-refractivity contribution is 0.104. The topological polar surface area (TPSA) is 62.6 Å². The van der Waals surface area contributed by atoms with Crippen molar-refractivity contribution >= 4 is 11.9 Å². The fourth-order valence-electron chi connectivity index (χ4n) is 3.45. The van der Waals surface area contributed by atoms with E-state index in [0.29, 0.717) is 22.8 Å². The molecule has 0 N–H and O–H groups in total. The zero-order valence-electron chi connectivity index (χ0n) is 18.7. The Balaban J connectivity index is 1.73. The molecule has 0 spiro atoms. The molecule has 1 heterocycles. The van der Waals surface area contributed by atoms with Crippen LogP contribution >= 0.6 is 0 Å². The third-order valence-electron chi connectivity index (χ3n) is 5.21. The standard InChI is InChI=1S/C27H24N2O4/c1-31-23-13-9-19(10-14-23)24(30)15-11-21-18-29(22-7-5-4-6-8-22)28-27(21)20-12-16-25(32-2)26(17-20)33-3/h4-18H,1-3H3. The smallest absolute Gasteiger partial charge is 0.185 e. The van der Waals surface area contributed by atoms with Gasteiger partial charge in [-0.2, -0.15) is 5.10 Å². The minimum absolute atomic E-state index is 0.108. The number of carbonyl (C=O) groups is 1. The van der Waals surface area contributed by atoms with Crippen LogP contribution < -0.4 is 14.2 Å². The van der Waals surface area contributed by atoms with E-state index < -0.39 is 0 Å². The lowest BCUT2D eigenvalue weighted by atomic mass is 10.1. The van der Waals surface area contributed by atoms with Gasteiger partial charge in [0.05, 0.1) is 27.0 Å². The molecular weight excluding hydrogens is 416 g/mol. The van der Waals surface area contributed by atoms with Gasteiger partial charge in [-0.15, -0.1) is 0 Å². The number of aromatic nitrogens is 2. The van der Waals surface area contributed by atoms with E-state index in [4.69, 9.17) is 19.3 Å². The molecule has 33 heavy (non-hydrogen) atoms. The summed E-state index contributed by atoms with van der Waals surface area (Å²) in [7, 11) is 4.79. The van der Waals surface area contributed by atoms with Gasteiger partial charge in [0.15, 0.2) is 17.3 Å². The number of rotatable bonds is 8. The van der Waals surface area contributed by atoms with Gasteiger partial charge in [0, 0.05) is 22.9 Å². The number of nitrogens with zero attached hydrogens (tertiary/aromatic N) is 2. The van der Waals surface area contributed by atoms with Crippen LogP contribution in [0.2, 0.25) is 0 Å². The fourth-order valence-corrected chi connectivity index (χ4v) is 3.45. The van der Waals surface area contributed by atoms with Crippen molar-refractivity contribution in [3.8, 4) is 34.2 Å². The first-order valence-electron chi connectivity index (χ1n) is 10.4. The normalized spacial score (nSPS) is 10.9. The maximum absolute atomic E-state index is 12.7. The summed E-state index contributed by atoms with van der Waals surface area (Å²) < 4.78 is 17.8. The lowest BCUT2D eigenvalue weighted by Gasteiger charge is -2.09. The largest absolute Gasteiger partial charge is 0.497 e. The second kappa shape index (κ2) is 9.87. The third kappa shape index (κ3) is 4.80. The first kappa shape index (κ1) is 21.9. The van der Waals surface area contributed by atoms with Gasteiger partial charge >= 0.3 is 0 Å². The van der Waals surface area contributed by atoms with Crippen molar-refractivity contribution in [2.45, 2.75) is 0 Å². The Morgan fingerprint density at radius 2 is 1.58 bits per heavy atom. The fraction of sp³-hybridized carbons (Fsp3) is 0.111. The summed E-state index contributed by atoms with van der Waals surface area (Å²) in [5.74, 6) is 1.84. The van der Waals surface area contributed by atoms with Crippen molar-refractivity contribution in [3.63, 3.8) is 0 Å². The molecule has 0 unspecified atom stereocenters. The molecule has 0 aliphatic carbocycles. The Hall–Kier alpha value is -4.32. The summed E-state index contributed by atoms with van der Waals surface area (Å²) in [5.41, 5.74) is 3.86. The monoisotopic (exact) mass is 440 g/mol. The van der Waals surface area contributed by atoms with Gasteiger partial charge in [-0.3, -0.25) is 4.79 Å². The molecule has 0 aliphatic rings. The number of methoxy groups -OCH3 is 3. The summed E-state index contributed by atoms with van der Waals surface area (Å²) in [4.78, 5) is 12.7. The van der Waals surface area contributed by atoms with Crippen LogP contribution in [-0.2, 0) is 0 Å². The summed E-state index contributed by atoms with van der Waals surface area (Å²) in [6, 6.07) is 22.5. The van der Waals surface area contributed by atoms with Gasteiger partial charge in [-0.1, -0.05) is 18.2 Å². The zero-order valence-corrected chi connectivity index (χ0v) is 18.7. The first-order valence-corrected chi connectivity index (χ1v) is 10.4. The second-order valence-corrected chi connectivity index (χ2v) is 7.21. The highest BCUT2D eigenvalue weighted by molar-refractivity contribution is 6.07. The quantitative estimate of drug-likeness (QED) is 0.269. The van der Waals surface area contributed by atoms with Crippen molar-refractivity contribution in [2.24, 2.45) is 0 Å². The number of hydrogen-bond acceptors (Lipinski definition) is 5. The highest BCUT2D eigenvalue weighted by Gasteiger charge is 2.14. The van der Waals surface area contributed by atoms with Crippen molar-refractivity contribution in [1.82, 2.24) is 9.78 Å². The third-order valence-corrected chi connectivity index (χ3v) is 5.21. The maximum atomic E-state index is 12.7. The van der Waals surface area contributed by atoms with Gasteiger partial charge in [-0.05, 0) is 66.7 Å². The number of allylic oxidation sites excluding steroid dienone is 1. The van der Waals surface area contributed by atoms with Crippen LogP contribution in [0.15, 0.2) is 85.1 Å². The summed E-state index contributed by atoms with van der Waals surface area (Å²) in [5, 5.41) is 4.80. The van der Waals surface area contributed by atoms with Crippen LogP contribution in [-0.4, -0.2) is 36.9 Å². The van der Waals surface area contributed by atoms with Crippen molar-refractivity contribution in [1.29, 1.82) is 0 Å². The van der Waals surface area contributed by atoms with E-state index in [9.17, 15) is 4.79 Å². The molecule has 0 amide bonds. The van der Waals surface area contributed by atoms with Crippen molar-refractivity contribution < 1.29 is 19.0 Å². The van der Waals surface area contributed by atoms with Gasteiger partial charge in [-0.25, -0.2) is 4.68 Å². The molecule has 0 fully saturated rings. The van der Waals surface area contributed by atoms with Gasteiger partial charge in [0.2, 0.25) is 0 Å². The highest BCUT2D eigenvalue weighted by atomic mass is 16.5. The molecule has 166 valence electrons. The molecule has 0 radical (unpaired) electrons. The molecule has 0 atom stereocenters. The van der Waals surface area contributed by atoms with Crippen molar-refractivity contribution in [2.75, 3.05) is 21.3 Å². The Bertz CT molecular complexity index is 1280. The summed E-state index contributed by atoms with van der Waals surface area (Å²) >= 11 is 0. The number of ketones is 1. The van der Waals surface area contributed by atoms with Gasteiger partial charge < -0.3 is 14.2 Å². The van der Waals surface area contributed by atoms with E-state index in [1.807, 2.05) is 54.7 Å². The number of hydrogen-bond donors (Lipinski definition) is 0. The number of carbonyl (C=O) groups excluding carboxylic acids is 1. The maximum Gasteiger partial charge on any atom is 0.185 e. The van der Waals surface area contributed by atoms with E-state index in [1.54, 1.807) is 62.4 Å². The Kier molecular flexibility index (Phi) is 6.55. The number of benzene rings is 3. The molecule has 0 saturated carbocycles.